The largest absolute Gasteiger partial charge is 0.480 e. The molecule has 0 bridgehead atoms. The molecule has 0 saturated carbocycles. The highest BCUT2D eigenvalue weighted by Gasteiger charge is 2.23. The molecule has 3 N–H and O–H groups in total. The third-order valence-electron chi connectivity index (χ3n) is 3.02. The molecule has 0 saturated heterocycles. The Morgan fingerprint density at radius 1 is 1.26 bits per heavy atom. The molecule has 126 valence electrons. The number of carbonyl (C=O) groups is 3. The van der Waals surface area contributed by atoms with Crippen LogP contribution in [-0.2, 0) is 9.59 Å². The third kappa shape index (κ3) is 7.35. The summed E-state index contributed by atoms with van der Waals surface area (Å²) in [4.78, 5) is 42.3. The molecule has 2 amide bonds. The van der Waals surface area contributed by atoms with Crippen LogP contribution < -0.4 is 10.6 Å². The molecule has 0 unspecified atom stereocenters. The van der Waals surface area contributed by atoms with Crippen molar-refractivity contribution in [1.82, 2.24) is 20.6 Å². The number of amides is 2. The number of hydrogen-bond donors (Lipinski definition) is 3. The van der Waals surface area contributed by atoms with Crippen LogP contribution in [-0.4, -0.2) is 45.4 Å². The van der Waals surface area contributed by atoms with Crippen LogP contribution in [0.15, 0.2) is 18.6 Å². The Kier molecular flexibility index (Phi) is 6.62. The van der Waals surface area contributed by atoms with E-state index in [1.807, 2.05) is 20.8 Å². The summed E-state index contributed by atoms with van der Waals surface area (Å²) in [7, 11) is 0. The Bertz CT molecular complexity index is 554. The van der Waals surface area contributed by atoms with Crippen molar-refractivity contribution in [2.75, 3.05) is 6.54 Å². The van der Waals surface area contributed by atoms with Gasteiger partial charge < -0.3 is 15.7 Å². The van der Waals surface area contributed by atoms with E-state index in [9.17, 15) is 14.4 Å². The van der Waals surface area contributed by atoms with Crippen LogP contribution >= 0.6 is 0 Å². The van der Waals surface area contributed by atoms with Crippen molar-refractivity contribution in [3.8, 4) is 0 Å². The van der Waals surface area contributed by atoms with Crippen molar-refractivity contribution in [2.24, 2.45) is 5.41 Å². The van der Waals surface area contributed by atoms with E-state index in [1.54, 1.807) is 0 Å². The fraction of sp³-hybridized carbons (Fsp3) is 0.533. The molecule has 0 radical (unpaired) electrons. The summed E-state index contributed by atoms with van der Waals surface area (Å²) >= 11 is 0. The van der Waals surface area contributed by atoms with Gasteiger partial charge in [0.25, 0.3) is 5.91 Å². The Labute approximate surface area is 134 Å². The van der Waals surface area contributed by atoms with Crippen LogP contribution in [0.4, 0.5) is 0 Å². The van der Waals surface area contributed by atoms with Crippen LogP contribution in [0.5, 0.6) is 0 Å². The second kappa shape index (κ2) is 8.21. The molecule has 23 heavy (non-hydrogen) atoms. The molecule has 1 heterocycles. The van der Waals surface area contributed by atoms with Gasteiger partial charge in [-0.3, -0.25) is 14.6 Å². The molecule has 1 atom stereocenters. The Morgan fingerprint density at radius 2 is 1.96 bits per heavy atom. The van der Waals surface area contributed by atoms with E-state index in [1.165, 1.54) is 18.6 Å². The predicted molar refractivity (Wildman–Crippen MR) is 82.6 cm³/mol. The molecule has 1 aromatic rings. The number of nitrogens with zero attached hydrogens (tertiary/aromatic N) is 2. The third-order valence-corrected chi connectivity index (χ3v) is 3.02. The summed E-state index contributed by atoms with van der Waals surface area (Å²) in [6.45, 7) is 5.66. The monoisotopic (exact) mass is 322 g/mol. The van der Waals surface area contributed by atoms with E-state index < -0.39 is 23.8 Å². The van der Waals surface area contributed by atoms with E-state index in [0.717, 1.165) is 0 Å². The Hall–Kier alpha value is -2.51. The quantitative estimate of drug-likeness (QED) is 0.676. The maximum Gasteiger partial charge on any atom is 0.326 e. The SMILES string of the molecule is CC(C)(C)CC[C@H](NC(=O)CNC(=O)c1cnccn1)C(=O)O. The van der Waals surface area contributed by atoms with Crippen LogP contribution in [0, 0.1) is 5.41 Å². The van der Waals surface area contributed by atoms with Crippen LogP contribution in [0.1, 0.15) is 44.1 Å². The number of carboxylic acid groups (broad SMARTS) is 1. The summed E-state index contributed by atoms with van der Waals surface area (Å²) in [5, 5.41) is 13.9. The van der Waals surface area contributed by atoms with Crippen molar-refractivity contribution in [3.05, 3.63) is 24.3 Å². The molecule has 0 fully saturated rings. The van der Waals surface area contributed by atoms with E-state index in [0.29, 0.717) is 12.8 Å². The smallest absolute Gasteiger partial charge is 0.326 e. The number of rotatable bonds is 7. The number of aromatic nitrogens is 2. The van der Waals surface area contributed by atoms with Crippen molar-refractivity contribution >= 4 is 17.8 Å². The summed E-state index contributed by atoms with van der Waals surface area (Å²) in [5.74, 6) is -2.21. The van der Waals surface area contributed by atoms with Gasteiger partial charge in [0.2, 0.25) is 5.91 Å². The van der Waals surface area contributed by atoms with Gasteiger partial charge in [-0.1, -0.05) is 20.8 Å². The van der Waals surface area contributed by atoms with Gasteiger partial charge in [0.1, 0.15) is 11.7 Å². The number of hydrogen-bond acceptors (Lipinski definition) is 5. The normalized spacial score (nSPS) is 12.3. The molecular formula is C15H22N4O4. The van der Waals surface area contributed by atoms with E-state index in [-0.39, 0.29) is 17.7 Å². The van der Waals surface area contributed by atoms with Gasteiger partial charge in [-0.05, 0) is 18.3 Å². The lowest BCUT2D eigenvalue weighted by Crippen LogP contribution is -2.45. The molecule has 8 heteroatoms. The number of carboxylic acids is 1. The Balaban J connectivity index is 2.47. The van der Waals surface area contributed by atoms with Crippen molar-refractivity contribution in [3.63, 3.8) is 0 Å². The standard InChI is InChI=1S/C15H22N4O4/c1-15(2,3)5-4-10(14(22)23)19-12(20)9-18-13(21)11-8-16-6-7-17-11/h6-8,10H,4-5,9H2,1-3H3,(H,18,21)(H,19,20)(H,22,23)/t10-/m0/s1. The fourth-order valence-corrected chi connectivity index (χ4v) is 1.75. The van der Waals surface area contributed by atoms with Crippen LogP contribution in [0.25, 0.3) is 0 Å². The van der Waals surface area contributed by atoms with Gasteiger partial charge >= 0.3 is 5.97 Å². The fourth-order valence-electron chi connectivity index (χ4n) is 1.75. The maximum absolute atomic E-state index is 11.8. The van der Waals surface area contributed by atoms with Gasteiger partial charge in [0.15, 0.2) is 0 Å². The summed E-state index contributed by atoms with van der Waals surface area (Å²) in [6, 6.07) is -0.977. The second-order valence-corrected chi connectivity index (χ2v) is 6.33. The molecule has 0 aliphatic carbocycles. The average Bonchev–Trinajstić information content (AvgIpc) is 2.48. The lowest BCUT2D eigenvalue weighted by molar-refractivity contribution is -0.142. The minimum atomic E-state index is -1.09. The van der Waals surface area contributed by atoms with Gasteiger partial charge in [-0.15, -0.1) is 0 Å². The number of carbonyl (C=O) groups excluding carboxylic acids is 2. The highest BCUT2D eigenvalue weighted by molar-refractivity contribution is 5.95. The second-order valence-electron chi connectivity index (χ2n) is 6.33. The summed E-state index contributed by atoms with van der Waals surface area (Å²) in [6.07, 6.45) is 5.04. The number of aliphatic carboxylic acids is 1. The molecular weight excluding hydrogens is 300 g/mol. The average molecular weight is 322 g/mol. The Morgan fingerprint density at radius 3 is 2.48 bits per heavy atom. The first-order chi connectivity index (χ1) is 10.7. The van der Waals surface area contributed by atoms with Crippen LogP contribution in [0.3, 0.4) is 0 Å². The first-order valence-corrected chi connectivity index (χ1v) is 7.25. The van der Waals surface area contributed by atoms with Gasteiger partial charge in [0.05, 0.1) is 12.7 Å². The minimum Gasteiger partial charge on any atom is -0.480 e. The molecule has 0 aromatic carbocycles. The zero-order valence-electron chi connectivity index (χ0n) is 13.5. The van der Waals surface area contributed by atoms with Crippen molar-refractivity contribution in [1.29, 1.82) is 0 Å². The number of nitrogens with one attached hydrogen (secondary N) is 2. The summed E-state index contributed by atoms with van der Waals surface area (Å²) in [5.41, 5.74) is 0.0568. The first kappa shape index (κ1) is 18.5. The maximum atomic E-state index is 11.8. The van der Waals surface area contributed by atoms with E-state index in [4.69, 9.17) is 5.11 Å². The van der Waals surface area contributed by atoms with Crippen molar-refractivity contribution < 1.29 is 19.5 Å². The van der Waals surface area contributed by atoms with Crippen LogP contribution in [0.2, 0.25) is 0 Å². The molecule has 1 aromatic heterocycles. The predicted octanol–water partition coefficient (Wildman–Crippen LogP) is 0.602. The molecule has 0 aliphatic heterocycles. The lowest BCUT2D eigenvalue weighted by atomic mass is 9.88. The van der Waals surface area contributed by atoms with E-state index in [2.05, 4.69) is 20.6 Å². The van der Waals surface area contributed by atoms with Gasteiger partial charge in [-0.25, -0.2) is 9.78 Å². The van der Waals surface area contributed by atoms with Crippen molar-refractivity contribution in [2.45, 2.75) is 39.7 Å². The summed E-state index contributed by atoms with van der Waals surface area (Å²) < 4.78 is 0. The zero-order valence-corrected chi connectivity index (χ0v) is 13.5. The molecule has 0 aliphatic rings. The van der Waals surface area contributed by atoms with Gasteiger partial charge in [-0.2, -0.15) is 0 Å². The molecule has 0 spiro atoms. The van der Waals surface area contributed by atoms with E-state index >= 15 is 0 Å². The minimum absolute atomic E-state index is 0.0291. The zero-order chi connectivity index (χ0) is 17.5. The first-order valence-electron chi connectivity index (χ1n) is 7.25. The lowest BCUT2D eigenvalue weighted by Gasteiger charge is -2.21. The highest BCUT2D eigenvalue weighted by atomic mass is 16.4. The van der Waals surface area contributed by atoms with Gasteiger partial charge in [0, 0.05) is 12.4 Å². The topological polar surface area (TPSA) is 121 Å². The molecule has 1 rings (SSSR count). The highest BCUT2D eigenvalue weighted by Crippen LogP contribution is 2.21. The molecule has 8 nitrogen and oxygen atoms in total.